The minimum Gasteiger partial charge on any atom is -0.466 e. The van der Waals surface area contributed by atoms with Crippen molar-refractivity contribution in [3.8, 4) is 6.07 Å². The molecule has 1 heterocycles. The molecule has 1 N–H and O–H groups in total. The van der Waals surface area contributed by atoms with Crippen LogP contribution in [0, 0.1) is 11.3 Å². The van der Waals surface area contributed by atoms with Gasteiger partial charge in [0.2, 0.25) is 0 Å². The number of benzene rings is 2. The molecule has 1 aliphatic rings. The summed E-state index contributed by atoms with van der Waals surface area (Å²) in [7, 11) is 1.38. The van der Waals surface area contributed by atoms with E-state index >= 15 is 0 Å². The van der Waals surface area contributed by atoms with E-state index in [1.54, 1.807) is 18.2 Å². The van der Waals surface area contributed by atoms with Crippen LogP contribution < -0.4 is 10.2 Å². The standard InChI is InChI=1S/C22H21N3O2S/c1-3-8-18-19(21(26)27-2)20(16-10-7-9-15(13-16)14-23)24-22(28)25(18)17-11-5-4-6-12-17/h4-7,9-13,20H,3,8H2,1-2H3,(H,24,28)/t20-/m0/s1. The summed E-state index contributed by atoms with van der Waals surface area (Å²) in [6, 6.07) is 18.6. The highest BCUT2D eigenvalue weighted by molar-refractivity contribution is 7.80. The highest BCUT2D eigenvalue weighted by atomic mass is 32.1. The molecule has 0 radical (unpaired) electrons. The van der Waals surface area contributed by atoms with E-state index in [2.05, 4.69) is 18.3 Å². The second-order valence-corrected chi connectivity index (χ2v) is 6.78. The van der Waals surface area contributed by atoms with Crippen molar-refractivity contribution in [1.82, 2.24) is 5.32 Å². The normalized spacial score (nSPS) is 16.4. The number of rotatable bonds is 5. The molecule has 2 aromatic rings. The smallest absolute Gasteiger partial charge is 0.337 e. The Morgan fingerprint density at radius 1 is 1.25 bits per heavy atom. The lowest BCUT2D eigenvalue weighted by atomic mass is 9.92. The summed E-state index contributed by atoms with van der Waals surface area (Å²) in [5.74, 6) is -0.410. The first-order chi connectivity index (χ1) is 13.6. The van der Waals surface area contributed by atoms with Crippen LogP contribution in [-0.2, 0) is 9.53 Å². The first kappa shape index (κ1) is 19.6. The average molecular weight is 391 g/mol. The number of anilines is 1. The Kier molecular flexibility index (Phi) is 6.07. The Labute approximate surface area is 170 Å². The van der Waals surface area contributed by atoms with Crippen LogP contribution in [0.4, 0.5) is 5.69 Å². The lowest BCUT2D eigenvalue weighted by Gasteiger charge is -2.38. The molecule has 2 aromatic carbocycles. The largest absolute Gasteiger partial charge is 0.466 e. The number of carbonyl (C=O) groups is 1. The molecule has 1 atom stereocenters. The third-order valence-electron chi connectivity index (χ3n) is 4.60. The van der Waals surface area contributed by atoms with Gasteiger partial charge in [0.1, 0.15) is 0 Å². The van der Waals surface area contributed by atoms with Crippen molar-refractivity contribution in [2.75, 3.05) is 12.0 Å². The number of para-hydroxylation sites is 1. The number of hydrogen-bond donors (Lipinski definition) is 1. The van der Waals surface area contributed by atoms with Gasteiger partial charge in [-0.25, -0.2) is 4.79 Å². The second-order valence-electron chi connectivity index (χ2n) is 6.39. The van der Waals surface area contributed by atoms with Gasteiger partial charge in [-0.3, -0.25) is 4.90 Å². The number of carbonyl (C=O) groups excluding carboxylic acids is 1. The topological polar surface area (TPSA) is 65.4 Å². The Bertz CT molecular complexity index is 963. The summed E-state index contributed by atoms with van der Waals surface area (Å²) in [6.45, 7) is 2.06. The molecule has 0 aromatic heterocycles. The number of hydrogen-bond acceptors (Lipinski definition) is 4. The molecule has 142 valence electrons. The molecule has 3 rings (SSSR count). The Morgan fingerprint density at radius 2 is 2.00 bits per heavy atom. The van der Waals surface area contributed by atoms with Gasteiger partial charge in [0.05, 0.1) is 30.4 Å². The molecule has 6 heteroatoms. The monoisotopic (exact) mass is 391 g/mol. The molecule has 0 saturated heterocycles. The van der Waals surface area contributed by atoms with Crippen molar-refractivity contribution in [3.63, 3.8) is 0 Å². The summed E-state index contributed by atoms with van der Waals surface area (Å²) >= 11 is 5.68. The first-order valence-corrected chi connectivity index (χ1v) is 9.48. The van der Waals surface area contributed by atoms with E-state index in [1.165, 1.54) is 7.11 Å². The number of nitrogens with zero attached hydrogens (tertiary/aromatic N) is 2. The maximum absolute atomic E-state index is 12.8. The summed E-state index contributed by atoms with van der Waals surface area (Å²) in [5, 5.41) is 13.0. The maximum atomic E-state index is 12.8. The number of nitriles is 1. The zero-order chi connectivity index (χ0) is 20.1. The van der Waals surface area contributed by atoms with E-state index in [-0.39, 0.29) is 0 Å². The molecule has 5 nitrogen and oxygen atoms in total. The van der Waals surface area contributed by atoms with Crippen molar-refractivity contribution < 1.29 is 9.53 Å². The molecule has 0 unspecified atom stereocenters. The minimum absolute atomic E-state index is 0.410. The minimum atomic E-state index is -0.477. The first-order valence-electron chi connectivity index (χ1n) is 9.07. The maximum Gasteiger partial charge on any atom is 0.337 e. The van der Waals surface area contributed by atoms with Crippen molar-refractivity contribution in [2.24, 2.45) is 0 Å². The molecule has 0 bridgehead atoms. The van der Waals surface area contributed by atoms with Crippen LogP contribution in [0.5, 0.6) is 0 Å². The van der Waals surface area contributed by atoms with E-state index in [0.717, 1.165) is 23.4 Å². The highest BCUT2D eigenvalue weighted by Crippen LogP contribution is 2.36. The number of ether oxygens (including phenoxy) is 1. The van der Waals surface area contributed by atoms with Crippen molar-refractivity contribution >= 4 is 29.0 Å². The summed E-state index contributed by atoms with van der Waals surface area (Å²) in [5.41, 5.74) is 3.53. The van der Waals surface area contributed by atoms with Gasteiger partial charge in [0.15, 0.2) is 5.11 Å². The van der Waals surface area contributed by atoms with Crippen LogP contribution in [0.25, 0.3) is 0 Å². The predicted molar refractivity (Wildman–Crippen MR) is 113 cm³/mol. The summed E-state index contributed by atoms with van der Waals surface area (Å²) in [4.78, 5) is 14.7. The van der Waals surface area contributed by atoms with E-state index < -0.39 is 12.0 Å². The molecule has 0 spiro atoms. The molecular weight excluding hydrogens is 370 g/mol. The van der Waals surface area contributed by atoms with Gasteiger partial charge in [-0.15, -0.1) is 0 Å². The van der Waals surface area contributed by atoms with Gasteiger partial charge in [-0.2, -0.15) is 5.26 Å². The summed E-state index contributed by atoms with van der Waals surface area (Å²) in [6.07, 6.45) is 1.50. The molecular formula is C22H21N3O2S. The summed E-state index contributed by atoms with van der Waals surface area (Å²) < 4.78 is 5.12. The molecule has 0 fully saturated rings. The van der Waals surface area contributed by atoms with Crippen LogP contribution in [0.1, 0.15) is 36.9 Å². The zero-order valence-electron chi connectivity index (χ0n) is 15.8. The molecule has 28 heavy (non-hydrogen) atoms. The van der Waals surface area contributed by atoms with Crippen LogP contribution in [-0.4, -0.2) is 18.2 Å². The Hall–Kier alpha value is -3.17. The number of methoxy groups -OCH3 is 1. The Morgan fingerprint density at radius 3 is 2.64 bits per heavy atom. The van der Waals surface area contributed by atoms with Gasteiger partial charge in [0.25, 0.3) is 0 Å². The highest BCUT2D eigenvalue weighted by Gasteiger charge is 2.36. The number of nitrogens with one attached hydrogen (secondary N) is 1. The third-order valence-corrected chi connectivity index (χ3v) is 4.90. The van der Waals surface area contributed by atoms with Crippen LogP contribution in [0.15, 0.2) is 65.9 Å². The van der Waals surface area contributed by atoms with Crippen LogP contribution in [0.2, 0.25) is 0 Å². The van der Waals surface area contributed by atoms with Crippen molar-refractivity contribution in [2.45, 2.75) is 25.8 Å². The SMILES string of the molecule is CCCC1=C(C(=O)OC)[C@H](c2cccc(C#N)c2)NC(=S)N1c1ccccc1. The third kappa shape index (κ3) is 3.75. The van der Waals surface area contributed by atoms with Crippen LogP contribution >= 0.6 is 12.2 Å². The number of allylic oxidation sites excluding steroid dienone is 1. The molecule has 0 amide bonds. The van der Waals surface area contributed by atoms with E-state index in [9.17, 15) is 10.1 Å². The van der Waals surface area contributed by atoms with E-state index in [4.69, 9.17) is 17.0 Å². The van der Waals surface area contributed by atoms with Gasteiger partial charge in [-0.05, 0) is 48.5 Å². The van der Waals surface area contributed by atoms with Gasteiger partial charge < -0.3 is 10.1 Å². The molecule has 1 aliphatic heterocycles. The van der Waals surface area contributed by atoms with Crippen molar-refractivity contribution in [1.29, 1.82) is 5.26 Å². The van der Waals surface area contributed by atoms with Gasteiger partial charge in [0, 0.05) is 11.4 Å². The van der Waals surface area contributed by atoms with Gasteiger partial charge >= 0.3 is 5.97 Å². The van der Waals surface area contributed by atoms with Gasteiger partial charge in [-0.1, -0.05) is 43.7 Å². The lowest BCUT2D eigenvalue weighted by molar-refractivity contribution is -0.136. The predicted octanol–water partition coefficient (Wildman–Crippen LogP) is 4.22. The fourth-order valence-electron chi connectivity index (χ4n) is 3.39. The average Bonchev–Trinajstić information content (AvgIpc) is 2.74. The molecule has 0 aliphatic carbocycles. The van der Waals surface area contributed by atoms with E-state index in [1.807, 2.05) is 41.3 Å². The van der Waals surface area contributed by atoms with Crippen LogP contribution in [0.3, 0.4) is 0 Å². The van der Waals surface area contributed by atoms with E-state index in [0.29, 0.717) is 22.7 Å². The fraction of sp³-hybridized carbons (Fsp3) is 0.227. The Balaban J connectivity index is 2.21. The lowest BCUT2D eigenvalue weighted by Crippen LogP contribution is -2.48. The second kappa shape index (κ2) is 8.68. The number of esters is 1. The quantitative estimate of drug-likeness (QED) is 0.608. The zero-order valence-corrected chi connectivity index (χ0v) is 16.6. The molecule has 0 saturated carbocycles. The van der Waals surface area contributed by atoms with Crippen molar-refractivity contribution in [3.05, 3.63) is 77.0 Å². The number of thiocarbonyl (C=S) groups is 1. The fourth-order valence-corrected chi connectivity index (χ4v) is 3.72.